The molecule has 1 aromatic carbocycles. The van der Waals surface area contributed by atoms with Gasteiger partial charge >= 0.3 is 0 Å². The van der Waals surface area contributed by atoms with Crippen molar-refractivity contribution in [2.24, 2.45) is 28.8 Å². The molecule has 2 amide bonds. The third-order valence-corrected chi connectivity index (χ3v) is 5.20. The average molecular weight is 326 g/mol. The molecule has 3 aliphatic rings. The molecule has 4 atom stereocenters. The molecule has 0 spiro atoms. The molecule has 6 heteroatoms. The van der Waals surface area contributed by atoms with Gasteiger partial charge in [-0.05, 0) is 30.4 Å². The van der Waals surface area contributed by atoms with E-state index in [4.69, 9.17) is 9.47 Å². The zero-order valence-electron chi connectivity index (χ0n) is 13.5. The first-order valence-corrected chi connectivity index (χ1v) is 7.96. The third-order valence-electron chi connectivity index (χ3n) is 5.20. The first kappa shape index (κ1) is 14.9. The first-order valence-electron chi connectivity index (χ1n) is 7.96. The lowest BCUT2D eigenvalue weighted by molar-refractivity contribution is -0.140. The quantitative estimate of drug-likeness (QED) is 0.481. The van der Waals surface area contributed by atoms with Gasteiger partial charge in [0.15, 0.2) is 0 Å². The van der Waals surface area contributed by atoms with Gasteiger partial charge in [0.2, 0.25) is 0 Å². The van der Waals surface area contributed by atoms with E-state index in [1.807, 2.05) is 0 Å². The molecule has 124 valence electrons. The molecule has 2 bridgehead atoms. The monoisotopic (exact) mass is 326 g/mol. The molecule has 1 saturated heterocycles. The number of fused-ring (bicyclic) bond motifs is 5. The van der Waals surface area contributed by atoms with Crippen molar-refractivity contribution in [3.8, 4) is 11.5 Å². The molecule has 1 saturated carbocycles. The fourth-order valence-electron chi connectivity index (χ4n) is 4.05. The van der Waals surface area contributed by atoms with Crippen LogP contribution in [0.5, 0.6) is 11.5 Å². The maximum absolute atomic E-state index is 12.6. The summed E-state index contributed by atoms with van der Waals surface area (Å²) < 4.78 is 10.5. The van der Waals surface area contributed by atoms with Crippen LogP contribution >= 0.6 is 0 Å². The lowest BCUT2D eigenvalue weighted by Gasteiger charge is -2.13. The highest BCUT2D eigenvalue weighted by Crippen LogP contribution is 2.52. The number of carbonyl (C=O) groups is 2. The van der Waals surface area contributed by atoms with Crippen LogP contribution in [0.15, 0.2) is 35.5 Å². The molecule has 0 aromatic heterocycles. The van der Waals surface area contributed by atoms with Gasteiger partial charge in [-0.15, -0.1) is 0 Å². The van der Waals surface area contributed by atoms with Crippen LogP contribution in [0, 0.1) is 23.7 Å². The van der Waals surface area contributed by atoms with Gasteiger partial charge in [-0.1, -0.05) is 12.2 Å². The van der Waals surface area contributed by atoms with E-state index in [9.17, 15) is 9.59 Å². The molecule has 1 heterocycles. The Kier molecular flexibility index (Phi) is 3.40. The van der Waals surface area contributed by atoms with Crippen molar-refractivity contribution in [3.05, 3.63) is 35.9 Å². The predicted octanol–water partition coefficient (Wildman–Crippen LogP) is 1.84. The summed E-state index contributed by atoms with van der Waals surface area (Å²) in [4.78, 5) is 25.1. The highest BCUT2D eigenvalue weighted by atomic mass is 16.5. The van der Waals surface area contributed by atoms with Crippen molar-refractivity contribution >= 4 is 18.0 Å². The van der Waals surface area contributed by atoms with Crippen molar-refractivity contribution in [3.63, 3.8) is 0 Å². The lowest BCUT2D eigenvalue weighted by Crippen LogP contribution is -2.28. The molecule has 0 N–H and O–H groups in total. The molecule has 2 aliphatic carbocycles. The number of ether oxygens (including phenoxy) is 2. The lowest BCUT2D eigenvalue weighted by atomic mass is 9.85. The Labute approximate surface area is 139 Å². The van der Waals surface area contributed by atoms with Gasteiger partial charge in [-0.2, -0.15) is 10.1 Å². The Balaban J connectivity index is 1.59. The van der Waals surface area contributed by atoms with E-state index in [-0.39, 0.29) is 35.5 Å². The summed E-state index contributed by atoms with van der Waals surface area (Å²) in [6, 6.07) is 5.28. The summed E-state index contributed by atoms with van der Waals surface area (Å²) in [7, 11) is 3.12. The maximum atomic E-state index is 12.6. The molecule has 1 aliphatic heterocycles. The average Bonchev–Trinajstić information content (AvgIpc) is 3.28. The number of methoxy groups -OCH3 is 2. The Bertz CT molecular complexity index is 740. The number of carbonyl (C=O) groups excluding carboxylic acids is 2. The van der Waals surface area contributed by atoms with Crippen LogP contribution in [0.1, 0.15) is 12.0 Å². The van der Waals surface area contributed by atoms with Crippen LogP contribution in [0.3, 0.4) is 0 Å². The van der Waals surface area contributed by atoms with E-state index in [0.717, 1.165) is 11.4 Å². The Morgan fingerprint density at radius 2 is 1.75 bits per heavy atom. The highest BCUT2D eigenvalue weighted by Gasteiger charge is 2.59. The number of allylic oxidation sites excluding steroid dienone is 2. The van der Waals surface area contributed by atoms with Crippen molar-refractivity contribution in [2.75, 3.05) is 14.2 Å². The summed E-state index contributed by atoms with van der Waals surface area (Å²) in [6.45, 7) is 0. The van der Waals surface area contributed by atoms with E-state index in [1.54, 1.807) is 32.4 Å². The summed E-state index contributed by atoms with van der Waals surface area (Å²) >= 11 is 0. The number of nitrogens with zero attached hydrogens (tertiary/aromatic N) is 2. The molecular weight excluding hydrogens is 308 g/mol. The summed E-state index contributed by atoms with van der Waals surface area (Å²) in [6.07, 6.45) is 6.54. The van der Waals surface area contributed by atoms with Crippen molar-refractivity contribution in [1.82, 2.24) is 5.01 Å². The molecule has 6 nitrogen and oxygen atoms in total. The van der Waals surface area contributed by atoms with Crippen LogP contribution in [0.2, 0.25) is 0 Å². The number of amides is 2. The fraction of sp³-hybridized carbons (Fsp3) is 0.389. The topological polar surface area (TPSA) is 68.2 Å². The maximum Gasteiger partial charge on any atom is 0.254 e. The predicted molar refractivity (Wildman–Crippen MR) is 86.7 cm³/mol. The number of hydrogen-bond acceptors (Lipinski definition) is 5. The molecule has 0 radical (unpaired) electrons. The molecular formula is C18H18N2O4. The largest absolute Gasteiger partial charge is 0.497 e. The van der Waals surface area contributed by atoms with Crippen LogP contribution < -0.4 is 9.47 Å². The minimum atomic E-state index is -0.234. The highest BCUT2D eigenvalue weighted by molar-refractivity contribution is 6.06. The van der Waals surface area contributed by atoms with E-state index in [0.29, 0.717) is 17.1 Å². The molecule has 1 aromatic rings. The van der Waals surface area contributed by atoms with Crippen LogP contribution in [-0.2, 0) is 9.59 Å². The van der Waals surface area contributed by atoms with Gasteiger partial charge in [-0.25, -0.2) is 0 Å². The minimum Gasteiger partial charge on any atom is -0.497 e. The third kappa shape index (κ3) is 2.06. The first-order chi connectivity index (χ1) is 11.6. The molecule has 4 rings (SSSR count). The van der Waals surface area contributed by atoms with Crippen molar-refractivity contribution in [1.29, 1.82) is 0 Å². The van der Waals surface area contributed by atoms with Gasteiger partial charge in [-0.3, -0.25) is 9.59 Å². The van der Waals surface area contributed by atoms with Gasteiger partial charge in [0, 0.05) is 11.6 Å². The van der Waals surface area contributed by atoms with E-state index in [1.165, 1.54) is 6.21 Å². The zero-order chi connectivity index (χ0) is 16.8. The summed E-state index contributed by atoms with van der Waals surface area (Å²) in [5.41, 5.74) is 0.678. The van der Waals surface area contributed by atoms with Crippen molar-refractivity contribution in [2.45, 2.75) is 6.42 Å². The second-order valence-electron chi connectivity index (χ2n) is 6.34. The van der Waals surface area contributed by atoms with Gasteiger partial charge < -0.3 is 9.47 Å². The van der Waals surface area contributed by atoms with Gasteiger partial charge in [0.1, 0.15) is 11.5 Å². The fourth-order valence-corrected chi connectivity index (χ4v) is 4.05. The number of rotatable bonds is 4. The van der Waals surface area contributed by atoms with Crippen LogP contribution in [0.4, 0.5) is 0 Å². The second kappa shape index (κ2) is 5.47. The van der Waals surface area contributed by atoms with Crippen molar-refractivity contribution < 1.29 is 19.1 Å². The SMILES string of the molecule is COc1ccc(C=NN2C(=O)[C@@H]3[C@H](C2=O)[C@H]2C=C[C@H]3C2)c(OC)c1. The van der Waals surface area contributed by atoms with Gasteiger partial charge in [0.05, 0.1) is 32.3 Å². The standard InChI is InChI=1S/C18H18N2O4/c1-23-13-6-5-12(14(8-13)24-2)9-19-20-17(21)15-10-3-4-11(7-10)16(15)18(20)22/h3-6,8-11,15-16H,7H2,1-2H3/t10-,11-,15-,16+/m0/s1. The van der Waals surface area contributed by atoms with Crippen LogP contribution in [-0.4, -0.2) is 37.3 Å². The Morgan fingerprint density at radius 3 is 2.33 bits per heavy atom. The van der Waals surface area contributed by atoms with Crippen LogP contribution in [0.25, 0.3) is 0 Å². The smallest absolute Gasteiger partial charge is 0.254 e. The Hall–Kier alpha value is -2.63. The van der Waals surface area contributed by atoms with E-state index < -0.39 is 0 Å². The zero-order valence-corrected chi connectivity index (χ0v) is 13.5. The number of hydrazone groups is 1. The Morgan fingerprint density at radius 1 is 1.08 bits per heavy atom. The molecule has 0 unspecified atom stereocenters. The van der Waals surface area contributed by atoms with E-state index in [2.05, 4.69) is 17.3 Å². The molecule has 24 heavy (non-hydrogen) atoms. The number of imide groups is 1. The minimum absolute atomic E-state index is 0.187. The normalized spacial score (nSPS) is 30.5. The second-order valence-corrected chi connectivity index (χ2v) is 6.34. The number of hydrogen-bond donors (Lipinski definition) is 0. The van der Waals surface area contributed by atoms with E-state index >= 15 is 0 Å². The summed E-state index contributed by atoms with van der Waals surface area (Å²) in [5, 5.41) is 5.19. The summed E-state index contributed by atoms with van der Waals surface area (Å²) in [5.74, 6) is 0.758. The number of benzene rings is 1. The van der Waals surface area contributed by atoms with Gasteiger partial charge in [0.25, 0.3) is 11.8 Å². The molecule has 2 fully saturated rings.